The molecular formula is C13H18O3. The first-order valence-electron chi connectivity index (χ1n) is 5.42. The minimum absolute atomic E-state index is 0.144. The molecule has 16 heavy (non-hydrogen) atoms. The van der Waals surface area contributed by atoms with Gasteiger partial charge in [0.05, 0.1) is 6.10 Å². The van der Waals surface area contributed by atoms with E-state index in [0.717, 1.165) is 5.56 Å². The maximum atomic E-state index is 10.9. The second-order valence-corrected chi connectivity index (χ2v) is 4.09. The number of hydrogen-bond donors (Lipinski definition) is 1. The van der Waals surface area contributed by atoms with E-state index < -0.39 is 6.10 Å². The third-order valence-electron chi connectivity index (χ3n) is 2.38. The Hall–Kier alpha value is -1.35. The topological polar surface area (TPSA) is 46.5 Å². The molecule has 1 aromatic rings. The van der Waals surface area contributed by atoms with Gasteiger partial charge in [-0.3, -0.25) is 4.79 Å². The summed E-state index contributed by atoms with van der Waals surface area (Å²) in [4.78, 5) is 10.9. The minimum atomic E-state index is -0.503. The van der Waals surface area contributed by atoms with Crippen molar-refractivity contribution in [3.05, 3.63) is 29.8 Å². The van der Waals surface area contributed by atoms with Crippen molar-refractivity contribution in [1.82, 2.24) is 0 Å². The van der Waals surface area contributed by atoms with Gasteiger partial charge >= 0.3 is 0 Å². The Morgan fingerprint density at radius 1 is 1.31 bits per heavy atom. The molecule has 1 rings (SSSR count). The summed E-state index contributed by atoms with van der Waals surface area (Å²) >= 11 is 0. The molecular weight excluding hydrogens is 204 g/mol. The van der Waals surface area contributed by atoms with Crippen LogP contribution in [0.2, 0.25) is 0 Å². The lowest BCUT2D eigenvalue weighted by Crippen LogP contribution is -2.25. The molecule has 1 aromatic carbocycles. The van der Waals surface area contributed by atoms with Gasteiger partial charge in [0.2, 0.25) is 0 Å². The van der Waals surface area contributed by atoms with Crippen LogP contribution >= 0.6 is 0 Å². The van der Waals surface area contributed by atoms with E-state index in [1.165, 1.54) is 0 Å². The first-order chi connectivity index (χ1) is 7.49. The Bertz CT molecular complexity index is 341. The smallest absolute Gasteiger partial charge is 0.134 e. The van der Waals surface area contributed by atoms with Crippen LogP contribution in [0.25, 0.3) is 0 Å². The summed E-state index contributed by atoms with van der Waals surface area (Å²) in [6.07, 6.45) is -0.290. The van der Waals surface area contributed by atoms with Gasteiger partial charge < -0.3 is 9.84 Å². The lowest BCUT2D eigenvalue weighted by molar-refractivity contribution is -0.116. The van der Waals surface area contributed by atoms with Crippen LogP contribution in [0.1, 0.15) is 26.3 Å². The molecule has 0 bridgehead atoms. The fourth-order valence-corrected chi connectivity index (χ4v) is 1.29. The SMILES string of the molecule is CC(=O)Cc1ccc(OC(C)C(C)O)cc1. The first kappa shape index (κ1) is 12.7. The summed E-state index contributed by atoms with van der Waals surface area (Å²) in [5.74, 6) is 0.853. The summed E-state index contributed by atoms with van der Waals surface area (Å²) < 4.78 is 5.50. The van der Waals surface area contributed by atoms with Gasteiger partial charge in [-0.05, 0) is 38.5 Å². The van der Waals surface area contributed by atoms with Gasteiger partial charge in [0.25, 0.3) is 0 Å². The maximum absolute atomic E-state index is 10.9. The van der Waals surface area contributed by atoms with Gasteiger partial charge in [-0.1, -0.05) is 12.1 Å². The quantitative estimate of drug-likeness (QED) is 0.828. The highest BCUT2D eigenvalue weighted by atomic mass is 16.5. The molecule has 0 aliphatic carbocycles. The summed E-state index contributed by atoms with van der Waals surface area (Å²) in [7, 11) is 0. The molecule has 0 aromatic heterocycles. The fraction of sp³-hybridized carbons (Fsp3) is 0.462. The molecule has 3 heteroatoms. The van der Waals surface area contributed by atoms with E-state index >= 15 is 0 Å². The molecule has 2 unspecified atom stereocenters. The van der Waals surface area contributed by atoms with Crippen LogP contribution in [0.15, 0.2) is 24.3 Å². The van der Waals surface area contributed by atoms with Crippen molar-refractivity contribution in [2.24, 2.45) is 0 Å². The molecule has 0 heterocycles. The Labute approximate surface area is 96.1 Å². The van der Waals surface area contributed by atoms with Crippen LogP contribution in [0.4, 0.5) is 0 Å². The van der Waals surface area contributed by atoms with Gasteiger partial charge in [-0.25, -0.2) is 0 Å². The van der Waals surface area contributed by atoms with Crippen LogP contribution in [-0.4, -0.2) is 23.1 Å². The molecule has 0 spiro atoms. The van der Waals surface area contributed by atoms with E-state index in [1.54, 1.807) is 13.8 Å². The Morgan fingerprint density at radius 3 is 2.31 bits per heavy atom. The lowest BCUT2D eigenvalue weighted by Gasteiger charge is -2.17. The number of carbonyl (C=O) groups is 1. The number of rotatable bonds is 5. The molecule has 1 N–H and O–H groups in total. The van der Waals surface area contributed by atoms with Gasteiger partial charge in [-0.15, -0.1) is 0 Å². The highest BCUT2D eigenvalue weighted by Crippen LogP contribution is 2.15. The van der Waals surface area contributed by atoms with Crippen molar-refractivity contribution in [3.8, 4) is 5.75 Å². The van der Waals surface area contributed by atoms with Crippen LogP contribution < -0.4 is 4.74 Å². The number of Topliss-reactive ketones (excluding diaryl/α,β-unsaturated/α-hetero) is 1. The summed E-state index contributed by atoms with van der Waals surface area (Å²) in [6.45, 7) is 5.07. The molecule has 0 radical (unpaired) electrons. The van der Waals surface area contributed by atoms with E-state index in [0.29, 0.717) is 12.2 Å². The average molecular weight is 222 g/mol. The molecule has 0 saturated carbocycles. The lowest BCUT2D eigenvalue weighted by atomic mass is 10.1. The zero-order valence-electron chi connectivity index (χ0n) is 9.93. The van der Waals surface area contributed by atoms with Gasteiger partial charge in [0.15, 0.2) is 0 Å². The zero-order valence-corrected chi connectivity index (χ0v) is 9.93. The number of aliphatic hydroxyl groups excluding tert-OH is 1. The van der Waals surface area contributed by atoms with Crippen molar-refractivity contribution in [3.63, 3.8) is 0 Å². The minimum Gasteiger partial charge on any atom is -0.488 e. The highest BCUT2D eigenvalue weighted by molar-refractivity contribution is 5.78. The van der Waals surface area contributed by atoms with E-state index in [9.17, 15) is 9.90 Å². The van der Waals surface area contributed by atoms with E-state index in [4.69, 9.17) is 4.74 Å². The monoisotopic (exact) mass is 222 g/mol. The third kappa shape index (κ3) is 4.03. The first-order valence-corrected chi connectivity index (χ1v) is 5.42. The van der Waals surface area contributed by atoms with E-state index in [2.05, 4.69) is 0 Å². The number of ketones is 1. The standard InChI is InChI=1S/C13H18O3/c1-9(14)8-12-4-6-13(7-5-12)16-11(3)10(2)15/h4-7,10-11,15H,8H2,1-3H3. The molecule has 0 aliphatic heterocycles. The predicted molar refractivity (Wildman–Crippen MR) is 62.6 cm³/mol. The average Bonchev–Trinajstić information content (AvgIpc) is 2.20. The van der Waals surface area contributed by atoms with Crippen LogP contribution in [0, 0.1) is 0 Å². The normalized spacial score (nSPS) is 14.2. The molecule has 3 nitrogen and oxygen atoms in total. The number of hydrogen-bond acceptors (Lipinski definition) is 3. The van der Waals surface area contributed by atoms with Gasteiger partial charge in [0, 0.05) is 6.42 Å². The van der Waals surface area contributed by atoms with Crippen LogP contribution in [0.3, 0.4) is 0 Å². The Kier molecular flexibility index (Phi) is 4.50. The van der Waals surface area contributed by atoms with Crippen LogP contribution in [-0.2, 0) is 11.2 Å². The predicted octanol–water partition coefficient (Wildman–Crippen LogP) is 1.97. The van der Waals surface area contributed by atoms with Gasteiger partial charge in [-0.2, -0.15) is 0 Å². The number of benzene rings is 1. The summed E-state index contributed by atoms with van der Waals surface area (Å²) in [5, 5.41) is 9.29. The van der Waals surface area contributed by atoms with Crippen molar-refractivity contribution < 1.29 is 14.6 Å². The van der Waals surface area contributed by atoms with Gasteiger partial charge in [0.1, 0.15) is 17.6 Å². The number of ether oxygens (including phenoxy) is 1. The third-order valence-corrected chi connectivity index (χ3v) is 2.38. The molecule has 2 atom stereocenters. The zero-order chi connectivity index (χ0) is 12.1. The van der Waals surface area contributed by atoms with Crippen molar-refractivity contribution in [2.75, 3.05) is 0 Å². The van der Waals surface area contributed by atoms with Crippen molar-refractivity contribution in [2.45, 2.75) is 39.4 Å². The molecule has 0 aliphatic rings. The maximum Gasteiger partial charge on any atom is 0.134 e. The highest BCUT2D eigenvalue weighted by Gasteiger charge is 2.09. The second kappa shape index (κ2) is 5.66. The van der Waals surface area contributed by atoms with Crippen molar-refractivity contribution >= 4 is 5.78 Å². The molecule has 0 fully saturated rings. The second-order valence-electron chi connectivity index (χ2n) is 4.09. The molecule has 0 amide bonds. The van der Waals surface area contributed by atoms with E-state index in [-0.39, 0.29) is 11.9 Å². The Morgan fingerprint density at radius 2 is 1.88 bits per heavy atom. The molecule has 88 valence electrons. The molecule has 0 saturated heterocycles. The summed E-state index contributed by atoms with van der Waals surface area (Å²) in [5.41, 5.74) is 0.976. The largest absolute Gasteiger partial charge is 0.488 e. The van der Waals surface area contributed by atoms with Crippen LogP contribution in [0.5, 0.6) is 5.75 Å². The fourth-order valence-electron chi connectivity index (χ4n) is 1.29. The van der Waals surface area contributed by atoms with E-state index in [1.807, 2.05) is 31.2 Å². The number of aliphatic hydroxyl groups is 1. The summed E-state index contributed by atoms with van der Waals surface area (Å²) in [6, 6.07) is 7.37. The Balaban J connectivity index is 2.61. The number of carbonyl (C=O) groups excluding carboxylic acids is 1. The van der Waals surface area contributed by atoms with Crippen molar-refractivity contribution in [1.29, 1.82) is 0 Å².